The van der Waals surface area contributed by atoms with Gasteiger partial charge in [0.05, 0.1) is 24.7 Å². The summed E-state index contributed by atoms with van der Waals surface area (Å²) in [6.07, 6.45) is 6.80. The van der Waals surface area contributed by atoms with E-state index >= 15 is 0 Å². The Hall–Kier alpha value is -4.52. The highest BCUT2D eigenvalue weighted by molar-refractivity contribution is 5.68. The average Bonchev–Trinajstić information content (AvgIpc) is 3.35. The molecule has 2 aromatic carbocycles. The van der Waals surface area contributed by atoms with Gasteiger partial charge in [-0.15, -0.1) is 0 Å². The van der Waals surface area contributed by atoms with Crippen LogP contribution < -0.4 is 10.2 Å². The predicted molar refractivity (Wildman–Crippen MR) is 122 cm³/mol. The lowest BCUT2D eigenvalue weighted by atomic mass is 10.1. The van der Waals surface area contributed by atoms with Crippen LogP contribution >= 0.6 is 0 Å². The highest BCUT2D eigenvalue weighted by Crippen LogP contribution is 2.29. The lowest BCUT2D eigenvalue weighted by Crippen LogP contribution is -2.15. The van der Waals surface area contributed by atoms with Crippen LogP contribution in [0.2, 0.25) is 0 Å². The maximum absolute atomic E-state index is 12.7. The summed E-state index contributed by atoms with van der Waals surface area (Å²) in [7, 11) is 1.61. The van der Waals surface area contributed by atoms with Crippen molar-refractivity contribution in [2.24, 2.45) is 0 Å². The molecule has 0 aliphatic heterocycles. The monoisotopic (exact) mass is 421 g/mol. The van der Waals surface area contributed by atoms with Gasteiger partial charge in [-0.1, -0.05) is 24.3 Å². The van der Waals surface area contributed by atoms with E-state index in [1.165, 1.54) is 6.07 Å². The Morgan fingerprint density at radius 3 is 2.44 bits per heavy atom. The average molecular weight is 421 g/mol. The normalized spacial score (nSPS) is 10.8. The van der Waals surface area contributed by atoms with Crippen molar-refractivity contribution < 1.29 is 4.74 Å². The Bertz CT molecular complexity index is 1430. The zero-order valence-electron chi connectivity index (χ0n) is 17.3. The van der Waals surface area contributed by atoms with Gasteiger partial charge in [-0.25, -0.2) is 9.36 Å². The van der Waals surface area contributed by atoms with Crippen molar-refractivity contribution in [3.8, 4) is 39.6 Å². The molecular formula is C25H19N5O2. The van der Waals surface area contributed by atoms with Crippen molar-refractivity contribution in [3.63, 3.8) is 0 Å². The number of benzene rings is 2. The Balaban J connectivity index is 1.60. The van der Waals surface area contributed by atoms with Gasteiger partial charge >= 0.3 is 0 Å². The van der Waals surface area contributed by atoms with E-state index in [0.29, 0.717) is 17.1 Å². The molecule has 0 amide bonds. The number of nitrogens with zero attached hydrogens (tertiary/aromatic N) is 5. The van der Waals surface area contributed by atoms with Crippen LogP contribution in [0, 0.1) is 0 Å². The third-order valence-electron chi connectivity index (χ3n) is 5.13. The summed E-state index contributed by atoms with van der Waals surface area (Å²) in [5.41, 5.74) is 4.32. The molecule has 3 heterocycles. The molecule has 5 aromatic rings. The van der Waals surface area contributed by atoms with E-state index in [9.17, 15) is 4.79 Å². The number of pyridine rings is 1. The smallest absolute Gasteiger partial charge is 0.209 e. The zero-order chi connectivity index (χ0) is 21.9. The summed E-state index contributed by atoms with van der Waals surface area (Å²) < 4.78 is 9.00. The molecule has 0 saturated heterocycles. The molecule has 0 aliphatic carbocycles. The molecular weight excluding hydrogens is 402 g/mol. The van der Waals surface area contributed by atoms with Crippen LogP contribution in [-0.2, 0) is 0 Å². The molecule has 0 unspecified atom stereocenters. The molecule has 0 saturated carbocycles. The lowest BCUT2D eigenvalue weighted by Gasteiger charge is -2.14. The van der Waals surface area contributed by atoms with Crippen LogP contribution in [-0.4, -0.2) is 31.7 Å². The van der Waals surface area contributed by atoms with E-state index in [-0.39, 0.29) is 5.43 Å². The van der Waals surface area contributed by atoms with Gasteiger partial charge in [-0.2, -0.15) is 10.2 Å². The van der Waals surface area contributed by atoms with Gasteiger partial charge in [-0.3, -0.25) is 9.78 Å². The van der Waals surface area contributed by atoms with E-state index < -0.39 is 0 Å². The Kier molecular flexibility index (Phi) is 5.05. The van der Waals surface area contributed by atoms with Crippen molar-refractivity contribution in [1.82, 2.24) is 24.5 Å². The van der Waals surface area contributed by atoms with E-state index in [0.717, 1.165) is 22.5 Å². The molecule has 0 spiro atoms. The van der Waals surface area contributed by atoms with Gasteiger partial charge in [0, 0.05) is 24.7 Å². The number of para-hydroxylation sites is 1. The second-order valence-electron chi connectivity index (χ2n) is 7.06. The Morgan fingerprint density at radius 2 is 1.66 bits per heavy atom. The quantitative estimate of drug-likeness (QED) is 0.426. The summed E-state index contributed by atoms with van der Waals surface area (Å²) in [4.78, 5) is 16.8. The van der Waals surface area contributed by atoms with E-state index in [1.807, 2.05) is 60.7 Å². The highest BCUT2D eigenvalue weighted by Gasteiger charge is 2.15. The lowest BCUT2D eigenvalue weighted by molar-refractivity contribution is 0.411. The topological polar surface area (TPSA) is 74.8 Å². The molecule has 5 rings (SSSR count). The van der Waals surface area contributed by atoms with Crippen molar-refractivity contribution in [2.75, 3.05) is 7.11 Å². The SMILES string of the molecule is COc1cc(-c2ccncc2)ccc1-n1ccc(=O)c(-c2ccnn2-c2ccccc2)n1. The van der Waals surface area contributed by atoms with Crippen LogP contribution in [0.15, 0.2) is 102 Å². The van der Waals surface area contributed by atoms with Gasteiger partial charge in [0.15, 0.2) is 5.69 Å². The number of ether oxygens (including phenoxy) is 1. The molecule has 0 aliphatic rings. The van der Waals surface area contributed by atoms with Crippen LogP contribution in [0.4, 0.5) is 0 Å². The fourth-order valence-electron chi connectivity index (χ4n) is 3.57. The summed E-state index contributed by atoms with van der Waals surface area (Å²) in [5, 5.41) is 9.02. The third kappa shape index (κ3) is 3.56. The van der Waals surface area contributed by atoms with Crippen molar-refractivity contribution >= 4 is 0 Å². The minimum Gasteiger partial charge on any atom is -0.494 e. The Labute approximate surface area is 184 Å². The van der Waals surface area contributed by atoms with Crippen LogP contribution in [0.5, 0.6) is 5.75 Å². The van der Waals surface area contributed by atoms with Crippen LogP contribution in [0.3, 0.4) is 0 Å². The van der Waals surface area contributed by atoms with Crippen LogP contribution in [0.1, 0.15) is 0 Å². The minimum atomic E-state index is -0.189. The van der Waals surface area contributed by atoms with Crippen LogP contribution in [0.25, 0.3) is 33.9 Å². The molecule has 32 heavy (non-hydrogen) atoms. The van der Waals surface area contributed by atoms with Crippen molar-refractivity contribution in [3.05, 3.63) is 108 Å². The van der Waals surface area contributed by atoms with Gasteiger partial charge < -0.3 is 4.74 Å². The van der Waals surface area contributed by atoms with Gasteiger partial charge in [0.2, 0.25) is 5.43 Å². The van der Waals surface area contributed by atoms with E-state index in [4.69, 9.17) is 4.74 Å². The first kappa shape index (κ1) is 19.4. The fourth-order valence-corrected chi connectivity index (χ4v) is 3.57. The first-order chi connectivity index (χ1) is 15.7. The molecule has 0 radical (unpaired) electrons. The number of rotatable bonds is 5. The maximum atomic E-state index is 12.7. The predicted octanol–water partition coefficient (Wildman–Crippen LogP) is 4.16. The summed E-state index contributed by atoms with van der Waals surface area (Å²) in [6, 6.07) is 22.7. The number of hydrogen-bond acceptors (Lipinski definition) is 5. The minimum absolute atomic E-state index is 0.189. The highest BCUT2D eigenvalue weighted by atomic mass is 16.5. The number of aromatic nitrogens is 5. The standard InChI is InChI=1S/C25H19N5O2/c1-32-24-17-19(18-9-13-26-14-10-18)7-8-21(24)29-16-12-23(31)25(28-29)22-11-15-27-30(22)20-5-3-2-4-6-20/h2-17H,1H3. The number of methoxy groups -OCH3 is 1. The molecule has 0 fully saturated rings. The summed E-state index contributed by atoms with van der Waals surface area (Å²) in [6.45, 7) is 0. The molecule has 156 valence electrons. The molecule has 0 atom stereocenters. The Morgan fingerprint density at radius 1 is 0.844 bits per heavy atom. The maximum Gasteiger partial charge on any atom is 0.209 e. The first-order valence-electron chi connectivity index (χ1n) is 10.0. The van der Waals surface area contributed by atoms with Gasteiger partial charge in [0.25, 0.3) is 0 Å². The molecule has 0 bridgehead atoms. The summed E-state index contributed by atoms with van der Waals surface area (Å²) in [5.74, 6) is 0.637. The first-order valence-corrected chi connectivity index (χ1v) is 10.0. The molecule has 7 heteroatoms. The third-order valence-corrected chi connectivity index (χ3v) is 5.13. The van der Waals surface area contributed by atoms with Gasteiger partial charge in [0.1, 0.15) is 11.4 Å². The zero-order valence-corrected chi connectivity index (χ0v) is 17.3. The molecule has 0 N–H and O–H groups in total. The fraction of sp³-hybridized carbons (Fsp3) is 0.0400. The second-order valence-corrected chi connectivity index (χ2v) is 7.06. The van der Waals surface area contributed by atoms with Crippen molar-refractivity contribution in [1.29, 1.82) is 0 Å². The van der Waals surface area contributed by atoms with E-state index in [2.05, 4.69) is 15.2 Å². The summed E-state index contributed by atoms with van der Waals surface area (Å²) >= 11 is 0. The molecule has 7 nitrogen and oxygen atoms in total. The van der Waals surface area contributed by atoms with Crippen molar-refractivity contribution in [2.45, 2.75) is 0 Å². The van der Waals surface area contributed by atoms with E-state index in [1.54, 1.807) is 47.3 Å². The largest absolute Gasteiger partial charge is 0.494 e. The number of hydrogen-bond donors (Lipinski definition) is 0. The molecule has 3 aromatic heterocycles. The second kappa shape index (κ2) is 8.31. The van der Waals surface area contributed by atoms with Gasteiger partial charge in [-0.05, 0) is 53.6 Å².